The van der Waals surface area contributed by atoms with Gasteiger partial charge < -0.3 is 10.2 Å². The zero-order valence-electron chi connectivity index (χ0n) is 13.7. The van der Waals surface area contributed by atoms with Crippen LogP contribution in [-0.2, 0) is 4.79 Å². The number of aryl methyl sites for hydroxylation is 1. The van der Waals surface area contributed by atoms with E-state index < -0.39 is 4.92 Å². The lowest BCUT2D eigenvalue weighted by Crippen LogP contribution is -2.41. The number of hydrogen-bond acceptors (Lipinski definition) is 5. The van der Waals surface area contributed by atoms with E-state index in [2.05, 4.69) is 15.2 Å². The third kappa shape index (κ3) is 4.64. The van der Waals surface area contributed by atoms with Crippen molar-refractivity contribution in [3.8, 4) is 0 Å². The van der Waals surface area contributed by atoms with Crippen molar-refractivity contribution < 1.29 is 9.72 Å². The lowest BCUT2D eigenvalue weighted by molar-refractivity contribution is -0.385. The van der Waals surface area contributed by atoms with Gasteiger partial charge in [0.1, 0.15) is 12.0 Å². The zero-order valence-corrected chi connectivity index (χ0v) is 13.7. The van der Waals surface area contributed by atoms with Crippen molar-refractivity contribution in [1.29, 1.82) is 0 Å². The number of aromatic nitrogens is 1. The quantitative estimate of drug-likeness (QED) is 0.642. The van der Waals surface area contributed by atoms with E-state index in [0.29, 0.717) is 24.4 Å². The molecular formula is C16H24N4O3. The molecule has 2 rings (SSSR count). The van der Waals surface area contributed by atoms with E-state index in [1.807, 2.05) is 6.92 Å². The van der Waals surface area contributed by atoms with Gasteiger partial charge in [0.2, 0.25) is 5.91 Å². The standard InChI is InChI=1S/C16H24N4O3/c1-3-5-16(21)18-9-13-6-4-7-19(11-13)15-8-12(2)14(10-17-15)20(22)23/h8,10,13H,3-7,9,11H2,1-2H3,(H,18,21). The van der Waals surface area contributed by atoms with Crippen molar-refractivity contribution in [3.63, 3.8) is 0 Å². The molecule has 1 atom stereocenters. The molecule has 7 nitrogen and oxygen atoms in total. The summed E-state index contributed by atoms with van der Waals surface area (Å²) in [5.74, 6) is 1.27. The fraction of sp³-hybridized carbons (Fsp3) is 0.625. The maximum absolute atomic E-state index is 11.6. The Morgan fingerprint density at radius 3 is 3.00 bits per heavy atom. The van der Waals surface area contributed by atoms with E-state index >= 15 is 0 Å². The second kappa shape index (κ2) is 7.89. The molecule has 1 unspecified atom stereocenters. The van der Waals surface area contributed by atoms with Crippen LogP contribution in [0, 0.1) is 23.0 Å². The Kier molecular flexibility index (Phi) is 5.90. The molecule has 1 aromatic heterocycles. The van der Waals surface area contributed by atoms with E-state index in [-0.39, 0.29) is 11.6 Å². The SMILES string of the molecule is CCCC(=O)NCC1CCCN(c2cc(C)c([N+](=O)[O-])cn2)C1. The summed E-state index contributed by atoms with van der Waals surface area (Å²) in [6, 6.07) is 1.77. The molecule has 1 aliphatic rings. The molecule has 1 fully saturated rings. The molecule has 0 spiro atoms. The van der Waals surface area contributed by atoms with E-state index in [1.165, 1.54) is 6.20 Å². The molecular weight excluding hydrogens is 296 g/mol. The van der Waals surface area contributed by atoms with Crippen LogP contribution in [0.5, 0.6) is 0 Å². The Morgan fingerprint density at radius 2 is 2.35 bits per heavy atom. The molecule has 1 aliphatic heterocycles. The van der Waals surface area contributed by atoms with Crippen molar-refractivity contribution in [2.24, 2.45) is 5.92 Å². The molecule has 0 aliphatic carbocycles. The number of pyridine rings is 1. The van der Waals surface area contributed by atoms with Gasteiger partial charge in [-0.3, -0.25) is 14.9 Å². The van der Waals surface area contributed by atoms with Gasteiger partial charge in [0.05, 0.1) is 4.92 Å². The fourth-order valence-electron chi connectivity index (χ4n) is 2.91. The summed E-state index contributed by atoms with van der Waals surface area (Å²) in [5, 5.41) is 13.9. The molecule has 0 bridgehead atoms. The van der Waals surface area contributed by atoms with Crippen LogP contribution in [0.15, 0.2) is 12.3 Å². The predicted molar refractivity (Wildman–Crippen MR) is 88.5 cm³/mol. The minimum Gasteiger partial charge on any atom is -0.356 e. The Bertz CT molecular complexity index is 576. The largest absolute Gasteiger partial charge is 0.356 e. The number of rotatable bonds is 6. The summed E-state index contributed by atoms with van der Waals surface area (Å²) in [6.45, 7) is 6.11. The van der Waals surface area contributed by atoms with Crippen LogP contribution in [0.1, 0.15) is 38.2 Å². The summed E-state index contributed by atoms with van der Waals surface area (Å²) in [5.41, 5.74) is 0.674. The molecule has 23 heavy (non-hydrogen) atoms. The van der Waals surface area contributed by atoms with Crippen LogP contribution in [-0.4, -0.2) is 35.4 Å². The number of nitro groups is 1. The number of carbonyl (C=O) groups is 1. The van der Waals surface area contributed by atoms with Gasteiger partial charge in [0.15, 0.2) is 0 Å². The molecule has 0 saturated carbocycles. The van der Waals surface area contributed by atoms with E-state index in [1.54, 1.807) is 13.0 Å². The van der Waals surface area contributed by atoms with E-state index in [4.69, 9.17) is 0 Å². The minimum atomic E-state index is -0.408. The van der Waals surface area contributed by atoms with Gasteiger partial charge in [-0.1, -0.05) is 6.92 Å². The van der Waals surface area contributed by atoms with E-state index in [0.717, 1.165) is 38.2 Å². The minimum absolute atomic E-state index is 0.0501. The Balaban J connectivity index is 1.97. The van der Waals surface area contributed by atoms with Crippen LogP contribution in [0.2, 0.25) is 0 Å². The van der Waals surface area contributed by atoms with Crippen LogP contribution in [0.25, 0.3) is 0 Å². The maximum atomic E-state index is 11.6. The summed E-state index contributed by atoms with van der Waals surface area (Å²) in [7, 11) is 0. The van der Waals surface area contributed by atoms with Crippen LogP contribution >= 0.6 is 0 Å². The van der Waals surface area contributed by atoms with Crippen molar-refractivity contribution in [3.05, 3.63) is 27.9 Å². The summed E-state index contributed by atoms with van der Waals surface area (Å²) < 4.78 is 0. The Labute approximate surface area is 136 Å². The van der Waals surface area contributed by atoms with Crippen molar-refractivity contribution in [2.45, 2.75) is 39.5 Å². The van der Waals surface area contributed by atoms with Crippen LogP contribution in [0.3, 0.4) is 0 Å². The van der Waals surface area contributed by atoms with Crippen LogP contribution in [0.4, 0.5) is 11.5 Å². The third-order valence-corrected chi connectivity index (χ3v) is 4.17. The first kappa shape index (κ1) is 17.2. The highest BCUT2D eigenvalue weighted by Gasteiger charge is 2.22. The zero-order chi connectivity index (χ0) is 16.8. The molecule has 1 aromatic rings. The molecule has 126 valence electrons. The van der Waals surface area contributed by atoms with E-state index in [9.17, 15) is 14.9 Å². The van der Waals surface area contributed by atoms with Gasteiger partial charge in [0.25, 0.3) is 5.69 Å². The van der Waals surface area contributed by atoms with Crippen LogP contribution < -0.4 is 10.2 Å². The fourth-order valence-corrected chi connectivity index (χ4v) is 2.91. The highest BCUT2D eigenvalue weighted by Crippen LogP contribution is 2.25. The monoisotopic (exact) mass is 320 g/mol. The van der Waals surface area contributed by atoms with Gasteiger partial charge in [-0.2, -0.15) is 0 Å². The summed E-state index contributed by atoms with van der Waals surface area (Å²) in [4.78, 5) is 28.4. The predicted octanol–water partition coefficient (Wildman–Crippen LogP) is 2.43. The molecule has 7 heteroatoms. The average molecular weight is 320 g/mol. The lowest BCUT2D eigenvalue weighted by Gasteiger charge is -2.33. The number of piperidine rings is 1. The highest BCUT2D eigenvalue weighted by molar-refractivity contribution is 5.75. The second-order valence-electron chi connectivity index (χ2n) is 6.09. The molecule has 1 amide bonds. The first-order valence-corrected chi connectivity index (χ1v) is 8.14. The number of nitrogens with zero attached hydrogens (tertiary/aromatic N) is 3. The number of carbonyl (C=O) groups excluding carboxylic acids is 1. The van der Waals surface area contributed by atoms with Crippen molar-refractivity contribution in [1.82, 2.24) is 10.3 Å². The first-order valence-electron chi connectivity index (χ1n) is 8.14. The second-order valence-corrected chi connectivity index (χ2v) is 6.09. The third-order valence-electron chi connectivity index (χ3n) is 4.17. The summed E-state index contributed by atoms with van der Waals surface area (Å²) >= 11 is 0. The molecule has 0 radical (unpaired) electrons. The molecule has 2 heterocycles. The van der Waals surface area contributed by atoms with Crippen molar-refractivity contribution >= 4 is 17.4 Å². The molecule has 1 N–H and O–H groups in total. The van der Waals surface area contributed by atoms with Gasteiger partial charge >= 0.3 is 0 Å². The summed E-state index contributed by atoms with van der Waals surface area (Å²) in [6.07, 6.45) is 4.87. The topological polar surface area (TPSA) is 88.4 Å². The number of nitrogens with one attached hydrogen (secondary N) is 1. The smallest absolute Gasteiger partial charge is 0.290 e. The first-order chi connectivity index (χ1) is 11.0. The molecule has 0 aromatic carbocycles. The van der Waals surface area contributed by atoms with Crippen molar-refractivity contribution in [2.75, 3.05) is 24.5 Å². The average Bonchev–Trinajstić information content (AvgIpc) is 2.53. The van der Waals surface area contributed by atoms with Gasteiger partial charge in [-0.05, 0) is 38.2 Å². The Hall–Kier alpha value is -2.18. The number of amides is 1. The van der Waals surface area contributed by atoms with Gasteiger partial charge in [-0.25, -0.2) is 4.98 Å². The Morgan fingerprint density at radius 1 is 1.57 bits per heavy atom. The number of anilines is 1. The number of hydrogen-bond donors (Lipinski definition) is 1. The maximum Gasteiger partial charge on any atom is 0.290 e. The van der Waals surface area contributed by atoms with Gasteiger partial charge in [-0.15, -0.1) is 0 Å². The normalized spacial score (nSPS) is 17.8. The van der Waals surface area contributed by atoms with Gasteiger partial charge in [0, 0.05) is 31.6 Å². The lowest BCUT2D eigenvalue weighted by atomic mass is 9.97. The highest BCUT2D eigenvalue weighted by atomic mass is 16.6. The molecule has 1 saturated heterocycles.